The third kappa shape index (κ3) is 3.98. The SMILES string of the molecule is COCCSc1cnc(C(C)C)nc1C(=O)O. The van der Waals surface area contributed by atoms with E-state index in [-0.39, 0.29) is 11.6 Å². The van der Waals surface area contributed by atoms with E-state index < -0.39 is 5.97 Å². The zero-order valence-corrected chi connectivity index (χ0v) is 11.0. The van der Waals surface area contributed by atoms with Gasteiger partial charge in [0.05, 0.1) is 11.5 Å². The monoisotopic (exact) mass is 256 g/mol. The van der Waals surface area contributed by atoms with Gasteiger partial charge in [0.15, 0.2) is 5.69 Å². The van der Waals surface area contributed by atoms with Gasteiger partial charge in [-0.05, 0) is 0 Å². The molecule has 1 aromatic rings. The third-order valence-corrected chi connectivity index (χ3v) is 3.02. The highest BCUT2D eigenvalue weighted by molar-refractivity contribution is 7.99. The van der Waals surface area contributed by atoms with Crippen LogP contribution in [0, 0.1) is 0 Å². The summed E-state index contributed by atoms with van der Waals surface area (Å²) in [6.45, 7) is 4.42. The molecule has 0 unspecified atom stereocenters. The number of hydrogen-bond acceptors (Lipinski definition) is 5. The molecule has 0 spiro atoms. The number of carbonyl (C=O) groups is 1. The number of aromatic carboxylic acids is 1. The van der Waals surface area contributed by atoms with Crippen molar-refractivity contribution >= 4 is 17.7 Å². The molecule has 0 bridgehead atoms. The van der Waals surface area contributed by atoms with Crippen LogP contribution in [0.2, 0.25) is 0 Å². The Kier molecular flexibility index (Phi) is 5.37. The highest BCUT2D eigenvalue weighted by Gasteiger charge is 2.15. The number of nitrogens with zero attached hydrogens (tertiary/aromatic N) is 2. The van der Waals surface area contributed by atoms with Gasteiger partial charge < -0.3 is 9.84 Å². The van der Waals surface area contributed by atoms with Crippen molar-refractivity contribution in [2.45, 2.75) is 24.7 Å². The number of ether oxygens (including phenoxy) is 1. The summed E-state index contributed by atoms with van der Waals surface area (Å²) in [5.41, 5.74) is 0.0739. The van der Waals surface area contributed by atoms with Crippen LogP contribution < -0.4 is 0 Å². The van der Waals surface area contributed by atoms with Crippen LogP contribution in [0.3, 0.4) is 0 Å². The minimum atomic E-state index is -1.02. The molecule has 0 radical (unpaired) electrons. The van der Waals surface area contributed by atoms with E-state index in [4.69, 9.17) is 9.84 Å². The molecule has 1 N–H and O–H groups in total. The van der Waals surface area contributed by atoms with E-state index in [0.29, 0.717) is 23.1 Å². The summed E-state index contributed by atoms with van der Waals surface area (Å²) in [4.78, 5) is 19.9. The fourth-order valence-electron chi connectivity index (χ4n) is 1.16. The number of hydrogen-bond donors (Lipinski definition) is 1. The zero-order valence-electron chi connectivity index (χ0n) is 10.1. The quantitative estimate of drug-likeness (QED) is 0.620. The number of aromatic nitrogens is 2. The smallest absolute Gasteiger partial charge is 0.355 e. The lowest BCUT2D eigenvalue weighted by Crippen LogP contribution is -2.09. The van der Waals surface area contributed by atoms with Gasteiger partial charge in [-0.1, -0.05) is 13.8 Å². The van der Waals surface area contributed by atoms with Crippen LogP contribution in [-0.2, 0) is 4.74 Å². The maximum Gasteiger partial charge on any atom is 0.355 e. The first-order valence-corrected chi connectivity index (χ1v) is 6.26. The van der Waals surface area contributed by atoms with Gasteiger partial charge >= 0.3 is 5.97 Å². The number of carboxylic acids is 1. The maximum atomic E-state index is 11.1. The Morgan fingerprint density at radius 2 is 2.29 bits per heavy atom. The highest BCUT2D eigenvalue weighted by atomic mass is 32.2. The molecule has 5 nitrogen and oxygen atoms in total. The Hall–Kier alpha value is -1.14. The van der Waals surface area contributed by atoms with E-state index in [1.807, 2.05) is 13.8 Å². The fraction of sp³-hybridized carbons (Fsp3) is 0.545. The largest absolute Gasteiger partial charge is 0.476 e. The minimum absolute atomic E-state index is 0.0739. The highest BCUT2D eigenvalue weighted by Crippen LogP contribution is 2.22. The van der Waals surface area contributed by atoms with Crippen molar-refractivity contribution in [1.82, 2.24) is 9.97 Å². The Bertz CT molecular complexity index is 396. The van der Waals surface area contributed by atoms with Gasteiger partial charge in [-0.15, -0.1) is 11.8 Å². The van der Waals surface area contributed by atoms with E-state index in [2.05, 4.69) is 9.97 Å². The van der Waals surface area contributed by atoms with Crippen molar-refractivity contribution in [2.75, 3.05) is 19.5 Å². The Balaban J connectivity index is 2.92. The molecule has 0 aliphatic heterocycles. The van der Waals surface area contributed by atoms with Crippen LogP contribution in [0.4, 0.5) is 0 Å². The van der Waals surface area contributed by atoms with E-state index in [1.54, 1.807) is 13.3 Å². The first kappa shape index (κ1) is 13.9. The lowest BCUT2D eigenvalue weighted by Gasteiger charge is -2.08. The first-order valence-electron chi connectivity index (χ1n) is 5.28. The number of thioether (sulfide) groups is 1. The van der Waals surface area contributed by atoms with Gasteiger partial charge in [-0.3, -0.25) is 0 Å². The summed E-state index contributed by atoms with van der Waals surface area (Å²) in [5.74, 6) is 0.333. The molecule has 6 heteroatoms. The van der Waals surface area contributed by atoms with Crippen molar-refractivity contribution in [1.29, 1.82) is 0 Å². The van der Waals surface area contributed by atoms with Crippen LogP contribution in [0.5, 0.6) is 0 Å². The summed E-state index contributed by atoms with van der Waals surface area (Å²) < 4.78 is 4.92. The molecule has 0 fully saturated rings. The average Bonchev–Trinajstić information content (AvgIpc) is 2.29. The van der Waals surface area contributed by atoms with Gasteiger partial charge in [0.2, 0.25) is 0 Å². The summed E-state index contributed by atoms with van der Waals surface area (Å²) in [6, 6.07) is 0. The number of methoxy groups -OCH3 is 1. The van der Waals surface area contributed by atoms with E-state index >= 15 is 0 Å². The lowest BCUT2D eigenvalue weighted by molar-refractivity contribution is 0.0685. The molecule has 0 saturated heterocycles. The lowest BCUT2D eigenvalue weighted by atomic mass is 10.2. The Morgan fingerprint density at radius 1 is 1.59 bits per heavy atom. The Morgan fingerprint density at radius 3 is 2.82 bits per heavy atom. The molecule has 0 saturated carbocycles. The average molecular weight is 256 g/mol. The van der Waals surface area contributed by atoms with Crippen molar-refractivity contribution in [2.24, 2.45) is 0 Å². The molecule has 1 aromatic heterocycles. The van der Waals surface area contributed by atoms with Gasteiger partial charge in [-0.25, -0.2) is 14.8 Å². The van der Waals surface area contributed by atoms with Crippen LogP contribution >= 0.6 is 11.8 Å². The minimum Gasteiger partial charge on any atom is -0.476 e. The first-order chi connectivity index (χ1) is 8.06. The Labute approximate surface area is 105 Å². The van der Waals surface area contributed by atoms with Crippen LogP contribution in [0.25, 0.3) is 0 Å². The second kappa shape index (κ2) is 6.56. The van der Waals surface area contributed by atoms with Crippen molar-refractivity contribution < 1.29 is 14.6 Å². The summed E-state index contributed by atoms with van der Waals surface area (Å²) in [5, 5.41) is 9.09. The molecule has 0 aliphatic carbocycles. The van der Waals surface area contributed by atoms with Crippen LogP contribution in [0.15, 0.2) is 11.1 Å². The summed E-state index contributed by atoms with van der Waals surface area (Å²) >= 11 is 1.39. The molecular weight excluding hydrogens is 240 g/mol. The predicted octanol–water partition coefficient (Wildman–Crippen LogP) is 2.04. The molecule has 94 valence electrons. The molecule has 0 aliphatic rings. The molecule has 1 rings (SSSR count). The van der Waals surface area contributed by atoms with Crippen molar-refractivity contribution in [3.05, 3.63) is 17.7 Å². The normalized spacial score (nSPS) is 10.8. The number of carboxylic acid groups (broad SMARTS) is 1. The van der Waals surface area contributed by atoms with E-state index in [1.165, 1.54) is 11.8 Å². The molecule has 0 amide bonds. The zero-order chi connectivity index (χ0) is 12.8. The van der Waals surface area contributed by atoms with Gasteiger partial charge in [0, 0.05) is 25.0 Å². The molecule has 17 heavy (non-hydrogen) atoms. The van der Waals surface area contributed by atoms with E-state index in [9.17, 15) is 4.79 Å². The summed E-state index contributed by atoms with van der Waals surface area (Å²) in [7, 11) is 1.61. The van der Waals surface area contributed by atoms with Crippen LogP contribution in [0.1, 0.15) is 36.1 Å². The van der Waals surface area contributed by atoms with Gasteiger partial charge in [0.1, 0.15) is 5.82 Å². The fourth-order valence-corrected chi connectivity index (χ4v) is 2.02. The van der Waals surface area contributed by atoms with E-state index in [0.717, 1.165) is 0 Å². The molecular formula is C11H16N2O3S. The van der Waals surface area contributed by atoms with Gasteiger partial charge in [0.25, 0.3) is 0 Å². The second-order valence-electron chi connectivity index (χ2n) is 3.74. The third-order valence-electron chi connectivity index (χ3n) is 2.04. The van der Waals surface area contributed by atoms with Crippen molar-refractivity contribution in [3.8, 4) is 0 Å². The van der Waals surface area contributed by atoms with Crippen molar-refractivity contribution in [3.63, 3.8) is 0 Å². The summed E-state index contributed by atoms with van der Waals surface area (Å²) in [6.07, 6.45) is 1.58. The maximum absolute atomic E-state index is 11.1. The molecule has 1 heterocycles. The topological polar surface area (TPSA) is 72.3 Å². The molecule has 0 aromatic carbocycles. The number of rotatable bonds is 6. The standard InChI is InChI=1S/C11H16N2O3S/c1-7(2)10-12-6-8(17-5-4-16-3)9(13-10)11(14)15/h6-7H,4-5H2,1-3H3,(H,14,15). The second-order valence-corrected chi connectivity index (χ2v) is 4.88. The molecule has 0 atom stereocenters. The predicted molar refractivity (Wildman–Crippen MR) is 65.7 cm³/mol. The van der Waals surface area contributed by atoms with Gasteiger partial charge in [-0.2, -0.15) is 0 Å². The van der Waals surface area contributed by atoms with Crippen LogP contribution in [-0.4, -0.2) is 40.5 Å².